The number of aliphatic hydroxyl groups is 3. The number of nitrogens with two attached hydrogens (primary N) is 1. The van der Waals surface area contributed by atoms with Crippen LogP contribution in [0.1, 0.15) is 27.9 Å². The third kappa shape index (κ3) is 3.46. The summed E-state index contributed by atoms with van der Waals surface area (Å²) < 4.78 is 0. The Morgan fingerprint density at radius 2 is 1.75 bits per heavy atom. The van der Waals surface area contributed by atoms with Crippen molar-refractivity contribution in [2.24, 2.45) is 17.6 Å². The topological polar surface area (TPSA) is 182 Å². The average Bonchev–Trinajstić information content (AvgIpc) is 2.75. The summed E-state index contributed by atoms with van der Waals surface area (Å²) >= 11 is 0. The number of phenolic OH excluding ortho intramolecular Hbond substituents is 1. The van der Waals surface area contributed by atoms with E-state index in [1.54, 1.807) is 19.0 Å². The van der Waals surface area contributed by atoms with E-state index < -0.39 is 58.0 Å². The number of carbonyl (C=O) groups excluding carboxylic acids is 4. The van der Waals surface area contributed by atoms with Gasteiger partial charge in [-0.05, 0) is 64.6 Å². The number of ketones is 3. The second-order valence-corrected chi connectivity index (χ2v) is 10.1. The molecule has 6 N–H and O–H groups in total. The van der Waals surface area contributed by atoms with Crippen LogP contribution in [0.15, 0.2) is 29.0 Å². The molecule has 36 heavy (non-hydrogen) atoms. The maximum Gasteiger partial charge on any atom is 0.255 e. The first-order chi connectivity index (χ1) is 16.7. The largest absolute Gasteiger partial charge is 0.508 e. The van der Waals surface area contributed by atoms with Gasteiger partial charge in [0.1, 0.15) is 22.8 Å². The number of carbonyl (C=O) groups is 4. The molecule has 0 unspecified atom stereocenters. The lowest BCUT2D eigenvalue weighted by molar-refractivity contribution is -0.153. The van der Waals surface area contributed by atoms with E-state index in [4.69, 9.17) is 5.73 Å². The third-order valence-corrected chi connectivity index (χ3v) is 7.36. The van der Waals surface area contributed by atoms with E-state index in [2.05, 4.69) is 0 Å². The SMILES string of the molecule is CN(C)CC(=O)c1ccc(O)c2c1C[C@H]1C[C@H]3[C@H](N(C)C)C(=O)C(C(N)=O)=C(O)[C@@]3(O)C(=O)C1=C2O. The van der Waals surface area contributed by atoms with Crippen molar-refractivity contribution >= 4 is 29.0 Å². The molecule has 4 atom stereocenters. The summed E-state index contributed by atoms with van der Waals surface area (Å²) in [6, 6.07) is 1.54. The zero-order valence-corrected chi connectivity index (χ0v) is 20.4. The first-order valence-electron chi connectivity index (χ1n) is 11.4. The first kappa shape index (κ1) is 25.5. The number of fused-ring (bicyclic) bond motifs is 3. The van der Waals surface area contributed by atoms with Gasteiger partial charge in [-0.15, -0.1) is 0 Å². The monoisotopic (exact) mass is 499 g/mol. The van der Waals surface area contributed by atoms with Crippen molar-refractivity contribution in [3.05, 3.63) is 45.7 Å². The number of hydrogen-bond acceptors (Lipinski definition) is 10. The molecule has 3 aliphatic rings. The highest BCUT2D eigenvalue weighted by Crippen LogP contribution is 2.52. The summed E-state index contributed by atoms with van der Waals surface area (Å²) in [6.45, 7) is 0.0757. The van der Waals surface area contributed by atoms with Crippen LogP contribution in [0.25, 0.3) is 5.76 Å². The molecule has 192 valence electrons. The Labute approximate surface area is 207 Å². The predicted octanol–water partition coefficient (Wildman–Crippen LogP) is -0.292. The number of rotatable bonds is 5. The highest BCUT2D eigenvalue weighted by Gasteiger charge is 2.64. The van der Waals surface area contributed by atoms with Crippen LogP contribution in [0.2, 0.25) is 0 Å². The number of phenols is 1. The van der Waals surface area contributed by atoms with Crippen LogP contribution in [0.3, 0.4) is 0 Å². The minimum absolute atomic E-state index is 0.0390. The second-order valence-electron chi connectivity index (χ2n) is 10.1. The molecule has 0 aromatic heterocycles. The number of likely N-dealkylation sites (N-methyl/N-ethyl adjacent to an activating group) is 2. The average molecular weight is 500 g/mol. The summed E-state index contributed by atoms with van der Waals surface area (Å²) in [4.78, 5) is 54.9. The van der Waals surface area contributed by atoms with Crippen LogP contribution in [0.4, 0.5) is 0 Å². The Bertz CT molecular complexity index is 1280. The number of nitrogens with zero attached hydrogens (tertiary/aromatic N) is 2. The van der Waals surface area contributed by atoms with Gasteiger partial charge < -0.3 is 31.1 Å². The smallest absolute Gasteiger partial charge is 0.255 e. The maximum atomic E-state index is 13.8. The fraction of sp³-hybridized carbons (Fsp3) is 0.440. The Morgan fingerprint density at radius 3 is 2.31 bits per heavy atom. The van der Waals surface area contributed by atoms with Gasteiger partial charge in [0.2, 0.25) is 5.78 Å². The molecule has 11 nitrogen and oxygen atoms in total. The molecular weight excluding hydrogens is 470 g/mol. The number of aliphatic hydroxyl groups excluding tert-OH is 2. The van der Waals surface area contributed by atoms with Crippen LogP contribution in [-0.2, 0) is 20.8 Å². The first-order valence-corrected chi connectivity index (χ1v) is 11.4. The summed E-state index contributed by atoms with van der Waals surface area (Å²) in [7, 11) is 6.51. The van der Waals surface area contributed by atoms with Crippen LogP contribution >= 0.6 is 0 Å². The molecule has 3 aliphatic carbocycles. The Morgan fingerprint density at radius 1 is 1.11 bits per heavy atom. The van der Waals surface area contributed by atoms with Gasteiger partial charge in [0.05, 0.1) is 18.2 Å². The number of benzene rings is 1. The van der Waals surface area contributed by atoms with E-state index in [0.717, 1.165) is 0 Å². The predicted molar refractivity (Wildman–Crippen MR) is 127 cm³/mol. The van der Waals surface area contributed by atoms with Gasteiger partial charge in [-0.25, -0.2) is 0 Å². The van der Waals surface area contributed by atoms with Gasteiger partial charge >= 0.3 is 0 Å². The molecule has 1 amide bonds. The number of aromatic hydroxyl groups is 1. The number of primary amides is 1. The molecular formula is C25H29N3O8. The summed E-state index contributed by atoms with van der Waals surface area (Å²) in [5.74, 6) is -7.49. The molecule has 0 spiro atoms. The van der Waals surface area contributed by atoms with Crippen LogP contribution in [0.5, 0.6) is 5.75 Å². The normalized spacial score (nSPS) is 27.8. The zero-order chi connectivity index (χ0) is 26.9. The van der Waals surface area contributed by atoms with Crippen molar-refractivity contribution in [2.45, 2.75) is 24.5 Å². The quantitative estimate of drug-likeness (QED) is 0.267. The van der Waals surface area contributed by atoms with Crippen molar-refractivity contribution in [3.63, 3.8) is 0 Å². The van der Waals surface area contributed by atoms with E-state index in [-0.39, 0.29) is 47.6 Å². The lowest BCUT2D eigenvalue weighted by Crippen LogP contribution is -2.65. The standard InChI is InChI=1S/C25H29N3O8/c1-27(2)9-15(30)11-5-6-14(29)17-12(11)7-10-8-13-19(28(3)4)21(32)18(24(26)35)23(34)25(13,36)22(33)16(10)20(17)31/h5-6,10,13,19,29,31,34,36H,7-9H2,1-4H3,(H2,26,35)/t10-,13-,19-,25-/m0/s1. The zero-order valence-electron chi connectivity index (χ0n) is 20.4. The molecule has 0 aliphatic heterocycles. The number of amides is 1. The van der Waals surface area contributed by atoms with Crippen molar-refractivity contribution < 1.29 is 39.6 Å². The molecule has 0 bridgehead atoms. The fourth-order valence-corrected chi connectivity index (χ4v) is 5.88. The minimum Gasteiger partial charge on any atom is -0.508 e. The molecule has 4 rings (SSSR count). The lowest BCUT2D eigenvalue weighted by Gasteiger charge is -2.50. The second kappa shape index (κ2) is 8.54. The molecule has 0 saturated heterocycles. The van der Waals surface area contributed by atoms with Crippen molar-refractivity contribution in [2.75, 3.05) is 34.7 Å². The van der Waals surface area contributed by atoms with Gasteiger partial charge in [-0.2, -0.15) is 0 Å². The van der Waals surface area contributed by atoms with Gasteiger partial charge in [0, 0.05) is 17.1 Å². The van der Waals surface area contributed by atoms with Crippen molar-refractivity contribution in [3.8, 4) is 5.75 Å². The van der Waals surface area contributed by atoms with Crippen molar-refractivity contribution in [1.29, 1.82) is 0 Å². The highest BCUT2D eigenvalue weighted by atomic mass is 16.3. The number of Topliss-reactive ketones (excluding diaryl/α,β-unsaturated/α-hetero) is 3. The van der Waals surface area contributed by atoms with Crippen molar-refractivity contribution in [1.82, 2.24) is 9.80 Å². The molecule has 11 heteroatoms. The highest BCUT2D eigenvalue weighted by molar-refractivity contribution is 6.24. The molecule has 1 aromatic carbocycles. The van der Waals surface area contributed by atoms with E-state index in [1.165, 1.54) is 31.1 Å². The van der Waals surface area contributed by atoms with E-state index >= 15 is 0 Å². The fourth-order valence-electron chi connectivity index (χ4n) is 5.88. The maximum absolute atomic E-state index is 13.8. The van der Waals surface area contributed by atoms with Gasteiger partial charge in [-0.1, -0.05) is 0 Å². The Balaban J connectivity index is 1.95. The molecule has 0 radical (unpaired) electrons. The minimum atomic E-state index is -2.70. The molecule has 1 fully saturated rings. The van der Waals surface area contributed by atoms with E-state index in [0.29, 0.717) is 5.56 Å². The van der Waals surface area contributed by atoms with Gasteiger partial charge in [0.25, 0.3) is 5.91 Å². The van der Waals surface area contributed by atoms with Gasteiger partial charge in [0.15, 0.2) is 17.2 Å². The molecule has 1 saturated carbocycles. The number of hydrogen-bond donors (Lipinski definition) is 5. The van der Waals surface area contributed by atoms with Gasteiger partial charge in [-0.3, -0.25) is 24.1 Å². The molecule has 1 aromatic rings. The van der Waals surface area contributed by atoms with Crippen LogP contribution in [0, 0.1) is 11.8 Å². The molecule has 0 heterocycles. The summed E-state index contributed by atoms with van der Waals surface area (Å²) in [5.41, 5.74) is 2.02. The van der Waals surface area contributed by atoms with E-state index in [1.807, 2.05) is 0 Å². The van der Waals surface area contributed by atoms with E-state index in [9.17, 15) is 39.6 Å². The third-order valence-electron chi connectivity index (χ3n) is 7.36. The van der Waals surface area contributed by atoms with Crippen LogP contribution in [-0.4, -0.2) is 99.9 Å². The summed E-state index contributed by atoms with van der Waals surface area (Å²) in [6.07, 6.45) is 0.0279. The van der Waals surface area contributed by atoms with Crippen LogP contribution < -0.4 is 5.73 Å². The Kier molecular flexibility index (Phi) is 6.06. The summed E-state index contributed by atoms with van der Waals surface area (Å²) in [5, 5.41) is 44.1. The Hall–Kier alpha value is -3.54. The lowest BCUT2D eigenvalue weighted by atomic mass is 9.57.